The largest absolute Gasteiger partial charge is 0.496 e. The van der Waals surface area contributed by atoms with Gasteiger partial charge < -0.3 is 9.84 Å². The monoisotopic (exact) mass is 249 g/mol. The highest BCUT2D eigenvalue weighted by Crippen LogP contribution is 2.22. The molecule has 1 aromatic carbocycles. The summed E-state index contributed by atoms with van der Waals surface area (Å²) in [7, 11) is 1.67. The SMILES string of the molecule is COc1ccc(CN2CCC(C(=O)O)C2)cc1C. The molecule has 1 aliphatic heterocycles. The van der Waals surface area contributed by atoms with E-state index in [1.54, 1.807) is 7.11 Å². The number of rotatable bonds is 4. The number of carboxylic acid groups (broad SMARTS) is 1. The molecular weight excluding hydrogens is 230 g/mol. The predicted octanol–water partition coefficient (Wildman–Crippen LogP) is 1.91. The van der Waals surface area contributed by atoms with Crippen LogP contribution in [0.25, 0.3) is 0 Å². The van der Waals surface area contributed by atoms with Crippen molar-refractivity contribution >= 4 is 5.97 Å². The quantitative estimate of drug-likeness (QED) is 0.885. The van der Waals surface area contributed by atoms with Crippen molar-refractivity contribution in [2.45, 2.75) is 19.9 Å². The van der Waals surface area contributed by atoms with Gasteiger partial charge in [0.2, 0.25) is 0 Å². The number of hydrogen-bond acceptors (Lipinski definition) is 3. The number of aliphatic carboxylic acids is 1. The fraction of sp³-hybridized carbons (Fsp3) is 0.500. The number of nitrogens with zero attached hydrogens (tertiary/aromatic N) is 1. The van der Waals surface area contributed by atoms with Gasteiger partial charge in [0, 0.05) is 13.1 Å². The Balaban J connectivity index is 1.98. The molecule has 1 unspecified atom stereocenters. The maximum absolute atomic E-state index is 10.9. The van der Waals surface area contributed by atoms with Crippen molar-refractivity contribution in [1.82, 2.24) is 4.90 Å². The zero-order valence-corrected chi connectivity index (χ0v) is 10.8. The topological polar surface area (TPSA) is 49.8 Å². The third-order valence-corrected chi connectivity index (χ3v) is 3.49. The molecule has 1 saturated heterocycles. The minimum absolute atomic E-state index is 0.204. The Labute approximate surface area is 107 Å². The van der Waals surface area contributed by atoms with Gasteiger partial charge in [-0.2, -0.15) is 0 Å². The maximum Gasteiger partial charge on any atom is 0.307 e. The Hall–Kier alpha value is -1.55. The average Bonchev–Trinajstić information content (AvgIpc) is 2.78. The highest BCUT2D eigenvalue weighted by molar-refractivity contribution is 5.70. The number of benzene rings is 1. The van der Waals surface area contributed by atoms with Gasteiger partial charge in [-0.1, -0.05) is 12.1 Å². The molecule has 1 heterocycles. The van der Waals surface area contributed by atoms with Gasteiger partial charge in [-0.25, -0.2) is 0 Å². The highest BCUT2D eigenvalue weighted by atomic mass is 16.5. The van der Waals surface area contributed by atoms with Crippen LogP contribution >= 0.6 is 0 Å². The number of aryl methyl sites for hydroxylation is 1. The third-order valence-electron chi connectivity index (χ3n) is 3.49. The Morgan fingerprint density at radius 2 is 2.33 bits per heavy atom. The molecule has 0 saturated carbocycles. The first-order valence-electron chi connectivity index (χ1n) is 6.19. The van der Waals surface area contributed by atoms with Crippen LogP contribution in [-0.2, 0) is 11.3 Å². The number of hydrogen-bond donors (Lipinski definition) is 1. The van der Waals surface area contributed by atoms with Gasteiger partial charge in [0.15, 0.2) is 0 Å². The fourth-order valence-corrected chi connectivity index (χ4v) is 2.47. The van der Waals surface area contributed by atoms with Crippen LogP contribution in [0.5, 0.6) is 5.75 Å². The first-order valence-corrected chi connectivity index (χ1v) is 6.19. The molecule has 1 aromatic rings. The van der Waals surface area contributed by atoms with E-state index in [4.69, 9.17) is 9.84 Å². The van der Waals surface area contributed by atoms with Crippen LogP contribution in [0, 0.1) is 12.8 Å². The Bertz CT molecular complexity index is 445. The molecule has 1 aliphatic rings. The Morgan fingerprint density at radius 1 is 1.56 bits per heavy atom. The van der Waals surface area contributed by atoms with E-state index in [9.17, 15) is 4.79 Å². The molecule has 1 atom stereocenters. The fourth-order valence-electron chi connectivity index (χ4n) is 2.47. The molecule has 0 aliphatic carbocycles. The molecular formula is C14H19NO3. The summed E-state index contributed by atoms with van der Waals surface area (Å²) in [6.45, 7) is 4.35. The zero-order valence-electron chi connectivity index (χ0n) is 10.8. The van der Waals surface area contributed by atoms with Gasteiger partial charge in [-0.15, -0.1) is 0 Å². The summed E-state index contributed by atoms with van der Waals surface area (Å²) < 4.78 is 5.23. The van der Waals surface area contributed by atoms with Gasteiger partial charge in [-0.3, -0.25) is 9.69 Å². The first kappa shape index (κ1) is 12.9. The van der Waals surface area contributed by atoms with Gasteiger partial charge in [0.1, 0.15) is 5.75 Å². The van der Waals surface area contributed by atoms with Crippen LogP contribution in [0.4, 0.5) is 0 Å². The van der Waals surface area contributed by atoms with Gasteiger partial charge >= 0.3 is 5.97 Å². The molecule has 18 heavy (non-hydrogen) atoms. The standard InChI is InChI=1S/C14H19NO3/c1-10-7-11(3-4-13(10)18-2)8-15-6-5-12(9-15)14(16)17/h3-4,7,12H,5-6,8-9H2,1-2H3,(H,16,17). The number of methoxy groups -OCH3 is 1. The lowest BCUT2D eigenvalue weighted by Gasteiger charge is -2.16. The molecule has 0 amide bonds. The molecule has 1 fully saturated rings. The minimum atomic E-state index is -0.677. The predicted molar refractivity (Wildman–Crippen MR) is 68.8 cm³/mol. The van der Waals surface area contributed by atoms with Crippen molar-refractivity contribution in [2.75, 3.05) is 20.2 Å². The average molecular weight is 249 g/mol. The van der Waals surface area contributed by atoms with Crippen molar-refractivity contribution in [3.8, 4) is 5.75 Å². The number of likely N-dealkylation sites (tertiary alicyclic amines) is 1. The van der Waals surface area contributed by atoms with E-state index in [1.807, 2.05) is 19.1 Å². The highest BCUT2D eigenvalue weighted by Gasteiger charge is 2.27. The van der Waals surface area contributed by atoms with Crippen LogP contribution in [0.1, 0.15) is 17.5 Å². The van der Waals surface area contributed by atoms with E-state index in [-0.39, 0.29) is 5.92 Å². The van der Waals surface area contributed by atoms with E-state index in [0.29, 0.717) is 6.54 Å². The summed E-state index contributed by atoms with van der Waals surface area (Å²) in [5, 5.41) is 8.97. The Morgan fingerprint density at radius 3 is 2.89 bits per heavy atom. The van der Waals surface area contributed by atoms with Crippen molar-refractivity contribution in [2.24, 2.45) is 5.92 Å². The summed E-state index contributed by atoms with van der Waals surface area (Å²) in [6.07, 6.45) is 0.754. The second-order valence-corrected chi connectivity index (χ2v) is 4.86. The summed E-state index contributed by atoms with van der Waals surface area (Å²) in [5.41, 5.74) is 2.32. The second-order valence-electron chi connectivity index (χ2n) is 4.86. The molecule has 4 nitrogen and oxygen atoms in total. The van der Waals surface area contributed by atoms with E-state index >= 15 is 0 Å². The summed E-state index contributed by atoms with van der Waals surface area (Å²) in [6, 6.07) is 6.11. The summed E-state index contributed by atoms with van der Waals surface area (Å²) in [5.74, 6) is 0.0105. The molecule has 4 heteroatoms. The summed E-state index contributed by atoms with van der Waals surface area (Å²) in [4.78, 5) is 13.1. The van der Waals surface area contributed by atoms with Gasteiger partial charge in [-0.05, 0) is 37.1 Å². The number of ether oxygens (including phenoxy) is 1. The summed E-state index contributed by atoms with van der Waals surface area (Å²) >= 11 is 0. The lowest BCUT2D eigenvalue weighted by atomic mass is 10.1. The smallest absolute Gasteiger partial charge is 0.307 e. The minimum Gasteiger partial charge on any atom is -0.496 e. The number of carbonyl (C=O) groups is 1. The van der Waals surface area contributed by atoms with E-state index in [0.717, 1.165) is 30.8 Å². The number of carboxylic acids is 1. The molecule has 2 rings (SSSR count). The van der Waals surface area contributed by atoms with Crippen LogP contribution in [0.2, 0.25) is 0 Å². The van der Waals surface area contributed by atoms with Crippen molar-refractivity contribution < 1.29 is 14.6 Å². The second kappa shape index (κ2) is 5.40. The van der Waals surface area contributed by atoms with Gasteiger partial charge in [0.05, 0.1) is 13.0 Å². The third kappa shape index (κ3) is 2.82. The molecule has 98 valence electrons. The maximum atomic E-state index is 10.9. The molecule has 0 bridgehead atoms. The lowest BCUT2D eigenvalue weighted by molar-refractivity contribution is -0.141. The molecule has 0 aromatic heterocycles. The van der Waals surface area contributed by atoms with Crippen LogP contribution < -0.4 is 4.74 Å². The van der Waals surface area contributed by atoms with Crippen molar-refractivity contribution in [3.05, 3.63) is 29.3 Å². The first-order chi connectivity index (χ1) is 8.60. The Kier molecular flexibility index (Phi) is 3.87. The van der Waals surface area contributed by atoms with E-state index < -0.39 is 5.97 Å². The van der Waals surface area contributed by atoms with E-state index in [1.165, 1.54) is 5.56 Å². The van der Waals surface area contributed by atoms with E-state index in [2.05, 4.69) is 11.0 Å². The van der Waals surface area contributed by atoms with Crippen LogP contribution in [0.3, 0.4) is 0 Å². The molecule has 0 radical (unpaired) electrons. The van der Waals surface area contributed by atoms with Crippen molar-refractivity contribution in [3.63, 3.8) is 0 Å². The molecule has 0 spiro atoms. The van der Waals surface area contributed by atoms with Crippen LogP contribution in [-0.4, -0.2) is 36.2 Å². The molecule has 1 N–H and O–H groups in total. The van der Waals surface area contributed by atoms with Gasteiger partial charge in [0.25, 0.3) is 0 Å². The van der Waals surface area contributed by atoms with Crippen molar-refractivity contribution in [1.29, 1.82) is 0 Å². The lowest BCUT2D eigenvalue weighted by Crippen LogP contribution is -2.22. The normalized spacial score (nSPS) is 20.0. The van der Waals surface area contributed by atoms with Crippen LogP contribution in [0.15, 0.2) is 18.2 Å². The zero-order chi connectivity index (χ0) is 13.1.